The van der Waals surface area contributed by atoms with Crippen LogP contribution in [-0.2, 0) is 0 Å². The van der Waals surface area contributed by atoms with Crippen LogP contribution in [0.15, 0.2) is 48.8 Å². The van der Waals surface area contributed by atoms with Crippen molar-refractivity contribution in [2.45, 2.75) is 25.9 Å². The van der Waals surface area contributed by atoms with E-state index in [1.807, 2.05) is 50.2 Å². The van der Waals surface area contributed by atoms with Crippen LogP contribution in [0.4, 0.5) is 11.4 Å². The number of pyridine rings is 2. The number of nitrogens with zero attached hydrogens (tertiary/aromatic N) is 3. The predicted octanol–water partition coefficient (Wildman–Crippen LogP) is 4.38. The molecule has 6 nitrogen and oxygen atoms in total. The Balaban J connectivity index is 2.05. The van der Waals surface area contributed by atoms with Gasteiger partial charge in [0.2, 0.25) is 11.8 Å². The van der Waals surface area contributed by atoms with Gasteiger partial charge in [0.05, 0.1) is 30.8 Å². The topological polar surface area (TPSA) is 80.1 Å². The normalized spacial score (nSPS) is 14.5. The molecular formula is C22H20N4O2. The number of nitriles is 1. The van der Waals surface area contributed by atoms with Crippen LogP contribution in [0.5, 0.6) is 11.8 Å². The fourth-order valence-corrected chi connectivity index (χ4v) is 3.61. The zero-order valence-electron chi connectivity index (χ0n) is 15.9. The lowest BCUT2D eigenvalue weighted by molar-refractivity contribution is 0.230. The Bertz CT molecular complexity index is 1070. The molecule has 1 N–H and O–H groups in total. The van der Waals surface area contributed by atoms with E-state index in [1.165, 1.54) is 0 Å². The molecule has 0 radical (unpaired) electrons. The molecule has 0 fully saturated rings. The second kappa shape index (κ2) is 7.20. The van der Waals surface area contributed by atoms with Gasteiger partial charge in [0.1, 0.15) is 0 Å². The van der Waals surface area contributed by atoms with Crippen molar-refractivity contribution >= 4 is 11.4 Å². The largest absolute Gasteiger partial charge is 0.481 e. The molecule has 0 bridgehead atoms. The number of rotatable bonds is 4. The molecule has 1 aliphatic rings. The molecule has 28 heavy (non-hydrogen) atoms. The van der Waals surface area contributed by atoms with Crippen molar-refractivity contribution < 1.29 is 9.47 Å². The van der Waals surface area contributed by atoms with Crippen LogP contribution in [0.3, 0.4) is 0 Å². The highest BCUT2D eigenvalue weighted by atomic mass is 16.5. The van der Waals surface area contributed by atoms with Crippen molar-refractivity contribution in [2.24, 2.45) is 0 Å². The third-order valence-electron chi connectivity index (χ3n) is 4.69. The average molecular weight is 372 g/mol. The van der Waals surface area contributed by atoms with Gasteiger partial charge < -0.3 is 14.8 Å². The van der Waals surface area contributed by atoms with E-state index >= 15 is 0 Å². The fourth-order valence-electron chi connectivity index (χ4n) is 3.61. The zero-order valence-corrected chi connectivity index (χ0v) is 15.9. The average Bonchev–Trinajstić information content (AvgIpc) is 2.71. The maximum atomic E-state index is 9.73. The molecule has 4 rings (SSSR count). The van der Waals surface area contributed by atoms with Crippen molar-refractivity contribution in [3.63, 3.8) is 0 Å². The van der Waals surface area contributed by atoms with Crippen LogP contribution >= 0.6 is 0 Å². The molecule has 1 aromatic carbocycles. The van der Waals surface area contributed by atoms with Gasteiger partial charge in [-0.1, -0.05) is 18.2 Å². The third-order valence-corrected chi connectivity index (χ3v) is 4.69. The zero-order chi connectivity index (χ0) is 19.7. The van der Waals surface area contributed by atoms with E-state index in [0.717, 1.165) is 28.1 Å². The van der Waals surface area contributed by atoms with Crippen molar-refractivity contribution in [3.05, 3.63) is 71.0 Å². The van der Waals surface area contributed by atoms with Crippen LogP contribution in [-0.4, -0.2) is 23.2 Å². The van der Waals surface area contributed by atoms with Gasteiger partial charge in [-0.05, 0) is 37.6 Å². The lowest BCUT2D eigenvalue weighted by atomic mass is 9.80. The molecule has 6 heteroatoms. The summed E-state index contributed by atoms with van der Waals surface area (Å²) in [6, 6.07) is 13.7. The summed E-state index contributed by atoms with van der Waals surface area (Å²) in [6.45, 7) is 3.93. The van der Waals surface area contributed by atoms with Crippen molar-refractivity contribution in [1.29, 1.82) is 5.26 Å². The van der Waals surface area contributed by atoms with E-state index in [0.29, 0.717) is 17.3 Å². The first-order valence-electron chi connectivity index (χ1n) is 9.08. The van der Waals surface area contributed by atoms with E-state index < -0.39 is 0 Å². The molecule has 1 atom stereocenters. The Morgan fingerprint density at radius 2 is 1.64 bits per heavy atom. The minimum atomic E-state index is -0.298. The van der Waals surface area contributed by atoms with Crippen molar-refractivity contribution in [3.8, 4) is 17.8 Å². The number of hydrogen-bond acceptors (Lipinski definition) is 6. The second-order valence-corrected chi connectivity index (χ2v) is 6.78. The summed E-state index contributed by atoms with van der Waals surface area (Å²) in [4.78, 5) is 8.88. The first-order chi connectivity index (χ1) is 13.6. The molecule has 0 saturated carbocycles. The number of methoxy groups -OCH3 is 1. The van der Waals surface area contributed by atoms with Crippen LogP contribution in [0, 0.1) is 11.3 Å². The van der Waals surface area contributed by atoms with E-state index in [2.05, 4.69) is 21.4 Å². The first-order valence-corrected chi connectivity index (χ1v) is 9.08. The van der Waals surface area contributed by atoms with Crippen LogP contribution < -0.4 is 14.8 Å². The number of aromatic nitrogens is 2. The third kappa shape index (κ3) is 2.91. The van der Waals surface area contributed by atoms with Crippen LogP contribution in [0.2, 0.25) is 0 Å². The molecule has 0 spiro atoms. The molecule has 0 saturated heterocycles. The Morgan fingerprint density at radius 3 is 2.29 bits per heavy atom. The maximum Gasteiger partial charge on any atom is 0.219 e. The summed E-state index contributed by atoms with van der Waals surface area (Å²) in [5.41, 5.74) is 4.97. The highest BCUT2D eigenvalue weighted by Crippen LogP contribution is 2.51. The first kappa shape index (κ1) is 17.8. The number of hydrogen-bond donors (Lipinski definition) is 1. The Morgan fingerprint density at radius 1 is 1.00 bits per heavy atom. The summed E-state index contributed by atoms with van der Waals surface area (Å²) in [6.07, 6.45) is 3.39. The minimum Gasteiger partial charge on any atom is -0.481 e. The van der Waals surface area contributed by atoms with Gasteiger partial charge in [-0.2, -0.15) is 5.26 Å². The quantitative estimate of drug-likeness (QED) is 0.573. The molecule has 0 amide bonds. The van der Waals surface area contributed by atoms with Gasteiger partial charge >= 0.3 is 0 Å². The summed E-state index contributed by atoms with van der Waals surface area (Å²) < 4.78 is 11.6. The molecule has 3 aromatic rings. The minimum absolute atomic E-state index is 0.0388. The maximum absolute atomic E-state index is 9.73. The Hall–Kier alpha value is -3.59. The van der Waals surface area contributed by atoms with Crippen LogP contribution in [0.25, 0.3) is 0 Å². The number of anilines is 2. The Labute approximate surface area is 163 Å². The van der Waals surface area contributed by atoms with Crippen molar-refractivity contribution in [2.75, 3.05) is 12.4 Å². The molecule has 1 aliphatic heterocycles. The molecule has 140 valence electrons. The molecule has 0 aliphatic carbocycles. The van der Waals surface area contributed by atoms with Gasteiger partial charge in [0.15, 0.2) is 0 Å². The standard InChI is InChI=1S/C22H20N4O2/c1-13(2)28-22-20-17(9-11-25-22)26-16-8-10-24-21(27-3)19(16)18(20)15-7-5-4-6-14(15)12-23/h4-11,13,18,26H,1-3H3. The summed E-state index contributed by atoms with van der Waals surface area (Å²) in [5, 5.41) is 13.2. The lowest BCUT2D eigenvalue weighted by Gasteiger charge is -2.32. The van der Waals surface area contributed by atoms with E-state index in [4.69, 9.17) is 9.47 Å². The van der Waals surface area contributed by atoms with E-state index in [9.17, 15) is 5.26 Å². The number of nitrogens with one attached hydrogen (secondary N) is 1. The fraction of sp³-hybridized carbons (Fsp3) is 0.227. The van der Waals surface area contributed by atoms with E-state index in [-0.39, 0.29) is 12.0 Å². The predicted molar refractivity (Wildman–Crippen MR) is 106 cm³/mol. The molecule has 3 heterocycles. The number of fused-ring (bicyclic) bond motifs is 2. The van der Waals surface area contributed by atoms with Gasteiger partial charge in [-0.25, -0.2) is 9.97 Å². The number of ether oxygens (including phenoxy) is 2. The highest BCUT2D eigenvalue weighted by Gasteiger charge is 2.35. The monoisotopic (exact) mass is 372 g/mol. The van der Waals surface area contributed by atoms with Crippen molar-refractivity contribution in [1.82, 2.24) is 9.97 Å². The molecular weight excluding hydrogens is 352 g/mol. The smallest absolute Gasteiger partial charge is 0.219 e. The molecule has 2 aromatic heterocycles. The summed E-state index contributed by atoms with van der Waals surface area (Å²) in [7, 11) is 1.60. The van der Waals surface area contributed by atoms with Gasteiger partial charge in [-0.3, -0.25) is 0 Å². The highest BCUT2D eigenvalue weighted by molar-refractivity contribution is 5.79. The second-order valence-electron chi connectivity index (χ2n) is 6.78. The lowest BCUT2D eigenvalue weighted by Crippen LogP contribution is -2.20. The van der Waals surface area contributed by atoms with Gasteiger partial charge in [-0.15, -0.1) is 0 Å². The number of benzene rings is 1. The Kier molecular flexibility index (Phi) is 4.58. The molecule has 1 unspecified atom stereocenters. The summed E-state index contributed by atoms with van der Waals surface area (Å²) >= 11 is 0. The van der Waals surface area contributed by atoms with Gasteiger partial charge in [0.25, 0.3) is 0 Å². The SMILES string of the molecule is COc1nccc2c1C(c1ccccc1C#N)c1c(ccnc1OC(C)C)N2. The summed E-state index contributed by atoms with van der Waals surface area (Å²) in [5.74, 6) is 0.746. The van der Waals surface area contributed by atoms with E-state index in [1.54, 1.807) is 19.5 Å². The van der Waals surface area contributed by atoms with Gasteiger partial charge in [0, 0.05) is 34.9 Å². The van der Waals surface area contributed by atoms with Crippen LogP contribution in [0.1, 0.15) is 42.0 Å².